The molecule has 0 fully saturated rings. The molecule has 0 aliphatic heterocycles. The first-order valence-corrected chi connectivity index (χ1v) is 7.16. The fourth-order valence-corrected chi connectivity index (χ4v) is 2.39. The van der Waals surface area contributed by atoms with Gasteiger partial charge in [-0.25, -0.2) is 0 Å². The smallest absolute Gasteiger partial charge is 0.269 e. The van der Waals surface area contributed by atoms with Gasteiger partial charge in [-0.3, -0.25) is 10.1 Å². The lowest BCUT2D eigenvalue weighted by atomic mass is 10.0. The van der Waals surface area contributed by atoms with Gasteiger partial charge in [0.05, 0.1) is 11.0 Å². The van der Waals surface area contributed by atoms with E-state index in [4.69, 9.17) is 11.6 Å². The van der Waals surface area contributed by atoms with Crippen LogP contribution in [0.5, 0.6) is 0 Å². The molecular formula is C16H17ClN2O2. The minimum Gasteiger partial charge on any atom is -0.378 e. The number of anilines is 1. The molecule has 0 amide bonds. The third-order valence-electron chi connectivity index (χ3n) is 3.42. The molecule has 21 heavy (non-hydrogen) atoms. The first-order valence-electron chi connectivity index (χ1n) is 6.78. The van der Waals surface area contributed by atoms with Gasteiger partial charge < -0.3 is 5.32 Å². The van der Waals surface area contributed by atoms with Crippen molar-refractivity contribution in [2.24, 2.45) is 0 Å². The molecule has 2 aromatic rings. The Balaban J connectivity index is 2.29. The second kappa shape index (κ2) is 6.59. The lowest BCUT2D eigenvalue weighted by molar-refractivity contribution is -0.384. The van der Waals surface area contributed by atoms with E-state index in [0.717, 1.165) is 23.2 Å². The summed E-state index contributed by atoms with van der Waals surface area (Å²) >= 11 is 6.03. The Morgan fingerprint density at radius 2 is 2.05 bits per heavy atom. The molecule has 5 heteroatoms. The second-order valence-electron chi connectivity index (χ2n) is 4.92. The number of benzene rings is 2. The van der Waals surface area contributed by atoms with Crippen LogP contribution in [0.4, 0.5) is 11.4 Å². The van der Waals surface area contributed by atoms with Crippen LogP contribution in [0, 0.1) is 17.0 Å². The van der Waals surface area contributed by atoms with Crippen molar-refractivity contribution in [2.75, 3.05) is 5.32 Å². The van der Waals surface area contributed by atoms with Gasteiger partial charge in [-0.15, -0.1) is 0 Å². The van der Waals surface area contributed by atoms with Gasteiger partial charge >= 0.3 is 0 Å². The predicted octanol–water partition coefficient (Wildman–Crippen LogP) is 5.12. The van der Waals surface area contributed by atoms with Crippen LogP contribution in [0.2, 0.25) is 5.02 Å². The molecule has 4 nitrogen and oxygen atoms in total. The van der Waals surface area contributed by atoms with Crippen molar-refractivity contribution in [3.8, 4) is 0 Å². The topological polar surface area (TPSA) is 55.2 Å². The van der Waals surface area contributed by atoms with Crippen LogP contribution in [0.15, 0.2) is 42.5 Å². The summed E-state index contributed by atoms with van der Waals surface area (Å²) in [4.78, 5) is 10.5. The third-order valence-corrected chi connectivity index (χ3v) is 3.66. The highest BCUT2D eigenvalue weighted by molar-refractivity contribution is 6.30. The van der Waals surface area contributed by atoms with Crippen LogP contribution in [0.25, 0.3) is 0 Å². The first kappa shape index (κ1) is 15.3. The molecule has 0 aliphatic rings. The third kappa shape index (κ3) is 3.73. The van der Waals surface area contributed by atoms with Crippen LogP contribution < -0.4 is 5.32 Å². The summed E-state index contributed by atoms with van der Waals surface area (Å²) in [6.45, 7) is 4.04. The molecule has 1 unspecified atom stereocenters. The van der Waals surface area contributed by atoms with E-state index in [1.807, 2.05) is 38.1 Å². The highest BCUT2D eigenvalue weighted by Gasteiger charge is 2.14. The van der Waals surface area contributed by atoms with E-state index in [-0.39, 0.29) is 16.7 Å². The van der Waals surface area contributed by atoms with Gasteiger partial charge in [-0.2, -0.15) is 0 Å². The molecule has 0 bridgehead atoms. The molecule has 0 saturated heterocycles. The average Bonchev–Trinajstić information content (AvgIpc) is 2.48. The maximum absolute atomic E-state index is 10.9. The van der Waals surface area contributed by atoms with Crippen molar-refractivity contribution < 1.29 is 4.92 Å². The van der Waals surface area contributed by atoms with Crippen LogP contribution in [-0.2, 0) is 0 Å². The minimum absolute atomic E-state index is 0.00191. The van der Waals surface area contributed by atoms with Crippen LogP contribution in [-0.4, -0.2) is 4.92 Å². The number of nitrogens with one attached hydrogen (secondary N) is 1. The standard InChI is InChI=1S/C16H17ClN2O2/c1-3-15(12-5-4-6-14(9-12)19(20)21)18-16-10-13(17)8-7-11(16)2/h4-10,15,18H,3H2,1-2H3. The lowest BCUT2D eigenvalue weighted by Crippen LogP contribution is -2.10. The Labute approximate surface area is 128 Å². The van der Waals surface area contributed by atoms with E-state index in [9.17, 15) is 10.1 Å². The normalized spacial score (nSPS) is 12.0. The van der Waals surface area contributed by atoms with Gasteiger partial charge in [0.1, 0.15) is 0 Å². The van der Waals surface area contributed by atoms with E-state index >= 15 is 0 Å². The molecule has 0 saturated carbocycles. The Morgan fingerprint density at radius 3 is 2.71 bits per heavy atom. The number of nitrogens with zero attached hydrogens (tertiary/aromatic N) is 1. The number of halogens is 1. The van der Waals surface area contributed by atoms with E-state index in [1.165, 1.54) is 6.07 Å². The number of nitro benzene ring substituents is 1. The molecule has 2 aromatic carbocycles. The highest BCUT2D eigenvalue weighted by atomic mass is 35.5. The first-order chi connectivity index (χ1) is 10.0. The van der Waals surface area contributed by atoms with Crippen molar-refractivity contribution in [1.29, 1.82) is 0 Å². The maximum Gasteiger partial charge on any atom is 0.269 e. The highest BCUT2D eigenvalue weighted by Crippen LogP contribution is 2.28. The molecule has 0 spiro atoms. The molecule has 1 N–H and O–H groups in total. The second-order valence-corrected chi connectivity index (χ2v) is 5.35. The zero-order valence-corrected chi connectivity index (χ0v) is 12.7. The van der Waals surface area contributed by atoms with Crippen molar-refractivity contribution in [1.82, 2.24) is 0 Å². The Bertz CT molecular complexity index is 658. The van der Waals surface area contributed by atoms with Gasteiger partial charge in [0.15, 0.2) is 0 Å². The largest absolute Gasteiger partial charge is 0.378 e. The summed E-state index contributed by atoms with van der Waals surface area (Å²) in [5.41, 5.74) is 3.03. The monoisotopic (exact) mass is 304 g/mol. The molecule has 0 radical (unpaired) electrons. The summed E-state index contributed by atoms with van der Waals surface area (Å²) in [6, 6.07) is 12.4. The van der Waals surface area contributed by atoms with Gasteiger partial charge in [0.25, 0.3) is 5.69 Å². The minimum atomic E-state index is -0.374. The number of rotatable bonds is 5. The quantitative estimate of drug-likeness (QED) is 0.616. The van der Waals surface area contributed by atoms with Gasteiger partial charge in [-0.05, 0) is 36.6 Å². The van der Waals surface area contributed by atoms with Crippen molar-refractivity contribution in [2.45, 2.75) is 26.3 Å². The molecule has 2 rings (SSSR count). The Morgan fingerprint density at radius 1 is 1.29 bits per heavy atom. The summed E-state index contributed by atoms with van der Waals surface area (Å²) in [5, 5.41) is 15.0. The predicted molar refractivity (Wildman–Crippen MR) is 85.9 cm³/mol. The SMILES string of the molecule is CCC(Nc1cc(Cl)ccc1C)c1cccc([N+](=O)[O-])c1. The van der Waals surface area contributed by atoms with Crippen molar-refractivity contribution >= 4 is 23.0 Å². The molecule has 0 heterocycles. The number of non-ortho nitro benzene ring substituents is 1. The molecule has 1 atom stereocenters. The fraction of sp³-hybridized carbons (Fsp3) is 0.250. The lowest BCUT2D eigenvalue weighted by Gasteiger charge is -2.20. The Kier molecular flexibility index (Phi) is 4.81. The van der Waals surface area contributed by atoms with Gasteiger partial charge in [-0.1, -0.05) is 36.7 Å². The zero-order chi connectivity index (χ0) is 15.4. The molecule has 0 aliphatic carbocycles. The molecular weight excluding hydrogens is 288 g/mol. The fourth-order valence-electron chi connectivity index (χ4n) is 2.21. The molecule has 110 valence electrons. The summed E-state index contributed by atoms with van der Waals surface area (Å²) in [6.07, 6.45) is 0.813. The van der Waals surface area contributed by atoms with Gasteiger partial charge in [0.2, 0.25) is 0 Å². The van der Waals surface area contributed by atoms with Crippen LogP contribution in [0.1, 0.15) is 30.5 Å². The van der Waals surface area contributed by atoms with E-state index in [1.54, 1.807) is 12.1 Å². The van der Waals surface area contributed by atoms with Crippen LogP contribution in [0.3, 0.4) is 0 Å². The van der Waals surface area contributed by atoms with E-state index < -0.39 is 0 Å². The number of hydrogen-bond acceptors (Lipinski definition) is 3. The van der Waals surface area contributed by atoms with Crippen molar-refractivity contribution in [3.63, 3.8) is 0 Å². The summed E-state index contributed by atoms with van der Waals surface area (Å²) < 4.78 is 0. The van der Waals surface area contributed by atoms with Crippen LogP contribution >= 0.6 is 11.6 Å². The number of hydrogen-bond donors (Lipinski definition) is 1. The average molecular weight is 305 g/mol. The molecule has 0 aromatic heterocycles. The van der Waals surface area contributed by atoms with E-state index in [0.29, 0.717) is 5.02 Å². The van der Waals surface area contributed by atoms with Gasteiger partial charge in [0, 0.05) is 22.8 Å². The number of aryl methyl sites for hydroxylation is 1. The Hall–Kier alpha value is -2.07. The van der Waals surface area contributed by atoms with E-state index in [2.05, 4.69) is 5.32 Å². The number of nitro groups is 1. The summed E-state index contributed by atoms with van der Waals surface area (Å²) in [7, 11) is 0. The summed E-state index contributed by atoms with van der Waals surface area (Å²) in [5.74, 6) is 0. The maximum atomic E-state index is 10.9. The zero-order valence-electron chi connectivity index (χ0n) is 12.0. The van der Waals surface area contributed by atoms with Crippen molar-refractivity contribution in [3.05, 3.63) is 68.7 Å².